The summed E-state index contributed by atoms with van der Waals surface area (Å²) in [7, 11) is 1.99. The van der Waals surface area contributed by atoms with Gasteiger partial charge in [0.15, 0.2) is 0 Å². The molecular formula is C10H19N3. The third-order valence-corrected chi connectivity index (χ3v) is 2.51. The molecule has 3 nitrogen and oxygen atoms in total. The van der Waals surface area contributed by atoms with Gasteiger partial charge in [0.05, 0.1) is 5.69 Å². The van der Waals surface area contributed by atoms with Crippen molar-refractivity contribution in [3.05, 3.63) is 17.0 Å². The van der Waals surface area contributed by atoms with E-state index in [-0.39, 0.29) is 0 Å². The topological polar surface area (TPSA) is 29.9 Å². The van der Waals surface area contributed by atoms with Gasteiger partial charge in [0, 0.05) is 24.3 Å². The number of nitrogens with zero attached hydrogens (tertiary/aromatic N) is 2. The zero-order valence-electron chi connectivity index (χ0n) is 9.18. The first kappa shape index (κ1) is 10.3. The fourth-order valence-electron chi connectivity index (χ4n) is 1.82. The van der Waals surface area contributed by atoms with Gasteiger partial charge in [0.1, 0.15) is 0 Å². The van der Waals surface area contributed by atoms with Crippen LogP contribution in [0.1, 0.15) is 36.8 Å². The molecule has 0 aromatic carbocycles. The van der Waals surface area contributed by atoms with E-state index in [4.69, 9.17) is 0 Å². The highest BCUT2D eigenvalue weighted by Gasteiger charge is 2.14. The minimum Gasteiger partial charge on any atom is -0.310 e. The third kappa shape index (κ3) is 1.91. The van der Waals surface area contributed by atoms with Crippen molar-refractivity contribution in [2.75, 3.05) is 6.54 Å². The van der Waals surface area contributed by atoms with Gasteiger partial charge in [-0.15, -0.1) is 0 Å². The largest absolute Gasteiger partial charge is 0.310 e. The van der Waals surface area contributed by atoms with Crippen LogP contribution in [0.25, 0.3) is 0 Å². The summed E-state index contributed by atoms with van der Waals surface area (Å²) >= 11 is 0. The molecule has 0 radical (unpaired) electrons. The van der Waals surface area contributed by atoms with Gasteiger partial charge in [0.2, 0.25) is 0 Å². The molecule has 1 rings (SSSR count). The first-order chi connectivity index (χ1) is 6.07. The van der Waals surface area contributed by atoms with Gasteiger partial charge in [-0.2, -0.15) is 5.10 Å². The van der Waals surface area contributed by atoms with E-state index in [1.165, 1.54) is 11.3 Å². The Balaban J connectivity index is 2.98. The van der Waals surface area contributed by atoms with E-state index in [1.807, 2.05) is 11.7 Å². The number of hydrogen-bond donors (Lipinski definition) is 1. The van der Waals surface area contributed by atoms with Crippen LogP contribution < -0.4 is 5.32 Å². The van der Waals surface area contributed by atoms with Gasteiger partial charge in [-0.05, 0) is 27.3 Å². The summed E-state index contributed by atoms with van der Waals surface area (Å²) < 4.78 is 1.94. The molecular weight excluding hydrogens is 162 g/mol. The number of aromatic nitrogens is 2. The fourth-order valence-corrected chi connectivity index (χ4v) is 1.82. The molecule has 0 aliphatic heterocycles. The quantitative estimate of drug-likeness (QED) is 0.769. The number of hydrogen-bond acceptors (Lipinski definition) is 2. The van der Waals surface area contributed by atoms with E-state index in [0.717, 1.165) is 12.2 Å². The number of rotatable bonds is 3. The Hall–Kier alpha value is -0.830. The summed E-state index contributed by atoms with van der Waals surface area (Å²) in [5.41, 5.74) is 3.73. The molecule has 0 bridgehead atoms. The minimum atomic E-state index is 0.402. The summed E-state index contributed by atoms with van der Waals surface area (Å²) in [4.78, 5) is 0. The van der Waals surface area contributed by atoms with Crippen LogP contribution in [0.15, 0.2) is 0 Å². The zero-order valence-corrected chi connectivity index (χ0v) is 9.18. The highest BCUT2D eigenvalue weighted by Crippen LogP contribution is 2.19. The van der Waals surface area contributed by atoms with Crippen molar-refractivity contribution in [1.82, 2.24) is 15.1 Å². The Bertz CT molecular complexity index is 289. The predicted molar refractivity (Wildman–Crippen MR) is 54.8 cm³/mol. The lowest BCUT2D eigenvalue weighted by atomic mass is 10.1. The number of aryl methyl sites for hydroxylation is 2. The third-order valence-electron chi connectivity index (χ3n) is 2.51. The molecule has 1 atom stereocenters. The maximum atomic E-state index is 4.39. The van der Waals surface area contributed by atoms with Crippen molar-refractivity contribution in [2.45, 2.75) is 33.7 Å². The molecule has 1 aromatic rings. The second kappa shape index (κ2) is 3.92. The SMILES string of the molecule is CCNC(C)c1c(C)nn(C)c1C. The fraction of sp³-hybridized carbons (Fsp3) is 0.700. The standard InChI is InChI=1S/C10H19N3/c1-6-11-7(2)10-8(3)12-13(5)9(10)4/h7,11H,6H2,1-5H3. The summed E-state index contributed by atoms with van der Waals surface area (Å²) in [5.74, 6) is 0. The average molecular weight is 181 g/mol. The predicted octanol–water partition coefficient (Wildman–Crippen LogP) is 1.71. The molecule has 0 fully saturated rings. The van der Waals surface area contributed by atoms with Gasteiger partial charge in [-0.25, -0.2) is 0 Å². The van der Waals surface area contributed by atoms with E-state index < -0.39 is 0 Å². The number of nitrogens with one attached hydrogen (secondary N) is 1. The molecule has 1 N–H and O–H groups in total. The second-order valence-electron chi connectivity index (χ2n) is 3.49. The van der Waals surface area contributed by atoms with Crippen molar-refractivity contribution in [3.8, 4) is 0 Å². The Labute approximate surface area is 80.1 Å². The molecule has 0 aliphatic carbocycles. The Morgan fingerprint density at radius 1 is 1.46 bits per heavy atom. The van der Waals surface area contributed by atoms with Gasteiger partial charge in [-0.3, -0.25) is 4.68 Å². The first-order valence-electron chi connectivity index (χ1n) is 4.81. The van der Waals surface area contributed by atoms with Crippen molar-refractivity contribution < 1.29 is 0 Å². The van der Waals surface area contributed by atoms with Gasteiger partial charge < -0.3 is 5.32 Å². The summed E-state index contributed by atoms with van der Waals surface area (Å²) in [6.45, 7) is 9.48. The van der Waals surface area contributed by atoms with Crippen molar-refractivity contribution in [1.29, 1.82) is 0 Å². The maximum Gasteiger partial charge on any atom is 0.0644 e. The lowest BCUT2D eigenvalue weighted by Gasteiger charge is -2.12. The second-order valence-corrected chi connectivity index (χ2v) is 3.49. The molecule has 0 saturated heterocycles. The smallest absolute Gasteiger partial charge is 0.0644 e. The monoisotopic (exact) mass is 181 g/mol. The molecule has 0 saturated carbocycles. The molecule has 3 heteroatoms. The van der Waals surface area contributed by atoms with Crippen LogP contribution in [0.3, 0.4) is 0 Å². The first-order valence-corrected chi connectivity index (χ1v) is 4.81. The average Bonchev–Trinajstić information content (AvgIpc) is 2.27. The van der Waals surface area contributed by atoms with E-state index in [1.54, 1.807) is 0 Å². The van der Waals surface area contributed by atoms with E-state index >= 15 is 0 Å². The van der Waals surface area contributed by atoms with Crippen molar-refractivity contribution in [3.63, 3.8) is 0 Å². The van der Waals surface area contributed by atoms with Crippen LogP contribution in [0.4, 0.5) is 0 Å². The Morgan fingerprint density at radius 2 is 2.08 bits per heavy atom. The lowest BCUT2D eigenvalue weighted by Crippen LogP contribution is -2.18. The summed E-state index contributed by atoms with van der Waals surface area (Å²) in [5, 5.41) is 7.79. The Kier molecular flexibility index (Phi) is 3.09. The van der Waals surface area contributed by atoms with Crippen LogP contribution in [-0.4, -0.2) is 16.3 Å². The zero-order chi connectivity index (χ0) is 10.0. The molecule has 0 amide bonds. The molecule has 74 valence electrons. The van der Waals surface area contributed by atoms with Gasteiger partial charge in [0.25, 0.3) is 0 Å². The van der Waals surface area contributed by atoms with E-state index in [0.29, 0.717) is 6.04 Å². The van der Waals surface area contributed by atoms with Crippen LogP contribution >= 0.6 is 0 Å². The Morgan fingerprint density at radius 3 is 2.46 bits per heavy atom. The van der Waals surface area contributed by atoms with Gasteiger partial charge in [-0.1, -0.05) is 6.92 Å². The molecule has 13 heavy (non-hydrogen) atoms. The minimum absolute atomic E-state index is 0.402. The normalized spacial score (nSPS) is 13.3. The molecule has 0 aliphatic rings. The van der Waals surface area contributed by atoms with Crippen LogP contribution in [0.5, 0.6) is 0 Å². The molecule has 1 heterocycles. The lowest BCUT2D eigenvalue weighted by molar-refractivity contribution is 0.591. The van der Waals surface area contributed by atoms with E-state index in [2.05, 4.69) is 38.1 Å². The van der Waals surface area contributed by atoms with Crippen molar-refractivity contribution >= 4 is 0 Å². The summed E-state index contributed by atoms with van der Waals surface area (Å²) in [6.07, 6.45) is 0. The van der Waals surface area contributed by atoms with Crippen LogP contribution in [0, 0.1) is 13.8 Å². The highest BCUT2D eigenvalue weighted by atomic mass is 15.3. The molecule has 1 aromatic heterocycles. The highest BCUT2D eigenvalue weighted by molar-refractivity contribution is 5.27. The summed E-state index contributed by atoms with van der Waals surface area (Å²) in [6, 6.07) is 0.402. The van der Waals surface area contributed by atoms with Crippen LogP contribution in [0.2, 0.25) is 0 Å². The molecule has 0 spiro atoms. The van der Waals surface area contributed by atoms with Crippen molar-refractivity contribution in [2.24, 2.45) is 7.05 Å². The molecule has 1 unspecified atom stereocenters. The maximum absolute atomic E-state index is 4.39. The van der Waals surface area contributed by atoms with Crippen LogP contribution in [-0.2, 0) is 7.05 Å². The van der Waals surface area contributed by atoms with Gasteiger partial charge >= 0.3 is 0 Å². The van der Waals surface area contributed by atoms with E-state index in [9.17, 15) is 0 Å².